The van der Waals surface area contributed by atoms with Gasteiger partial charge in [-0.05, 0) is 93.1 Å². The Balaban J connectivity index is 2.08. The molecule has 1 aromatic heterocycles. The van der Waals surface area contributed by atoms with Crippen molar-refractivity contribution >= 4 is 0 Å². The maximum absolute atomic E-state index is 10.8. The van der Waals surface area contributed by atoms with Crippen LogP contribution in [0.4, 0.5) is 0 Å². The average Bonchev–Trinajstić information content (AvgIpc) is 2.75. The number of phenols is 3. The molecule has 6 heteroatoms. The second-order valence-corrected chi connectivity index (χ2v) is 8.74. The first-order valence-electron chi connectivity index (χ1n) is 10.7. The van der Waals surface area contributed by atoms with Gasteiger partial charge in [0.15, 0.2) is 17.5 Å². The van der Waals surface area contributed by atoms with Gasteiger partial charge in [0.1, 0.15) is 17.2 Å². The zero-order valence-electron chi connectivity index (χ0n) is 19.6. The van der Waals surface area contributed by atoms with Crippen LogP contribution in [0, 0.1) is 41.5 Å². The monoisotopic (exact) mass is 441 g/mol. The minimum absolute atomic E-state index is 0.0815. The molecule has 4 aromatic rings. The maximum atomic E-state index is 10.8. The van der Waals surface area contributed by atoms with Gasteiger partial charge in [-0.1, -0.05) is 18.2 Å². The van der Waals surface area contributed by atoms with Gasteiger partial charge in [-0.3, -0.25) is 0 Å². The van der Waals surface area contributed by atoms with Crippen molar-refractivity contribution in [1.82, 2.24) is 15.0 Å². The van der Waals surface area contributed by atoms with E-state index in [1.54, 1.807) is 0 Å². The summed E-state index contributed by atoms with van der Waals surface area (Å²) in [7, 11) is 0. The molecule has 0 saturated carbocycles. The third-order valence-electron chi connectivity index (χ3n) is 5.69. The quantitative estimate of drug-likeness (QED) is 0.369. The normalized spacial score (nSPS) is 11.1. The van der Waals surface area contributed by atoms with Crippen molar-refractivity contribution < 1.29 is 15.3 Å². The predicted molar refractivity (Wildman–Crippen MR) is 130 cm³/mol. The molecule has 0 unspecified atom stereocenters. The second-order valence-electron chi connectivity index (χ2n) is 8.74. The van der Waals surface area contributed by atoms with Crippen molar-refractivity contribution in [2.45, 2.75) is 41.5 Å². The smallest absolute Gasteiger partial charge is 0.167 e. The number of benzene rings is 3. The highest BCUT2D eigenvalue weighted by Gasteiger charge is 2.20. The molecule has 3 aromatic carbocycles. The standard InChI is InChI=1S/C27H27N3O3/c1-13-7-16(4)22(31)19(10-13)25-28-26(20-11-14(2)8-17(5)23(20)32)30-27(29-25)21-12-15(3)9-18(6)24(21)33/h7-12,31-33H,1-6H3. The van der Waals surface area contributed by atoms with E-state index in [1.807, 2.05) is 77.9 Å². The van der Waals surface area contributed by atoms with Crippen LogP contribution in [-0.4, -0.2) is 30.3 Å². The van der Waals surface area contributed by atoms with Crippen LogP contribution in [0.5, 0.6) is 17.2 Å². The van der Waals surface area contributed by atoms with Gasteiger partial charge in [0.2, 0.25) is 0 Å². The molecular weight excluding hydrogens is 414 g/mol. The summed E-state index contributed by atoms with van der Waals surface area (Å²) in [4.78, 5) is 13.9. The first kappa shape index (κ1) is 22.3. The fraction of sp³-hybridized carbons (Fsp3) is 0.222. The van der Waals surface area contributed by atoms with Gasteiger partial charge in [0, 0.05) is 0 Å². The van der Waals surface area contributed by atoms with E-state index in [-0.39, 0.29) is 34.7 Å². The summed E-state index contributed by atoms with van der Waals surface area (Å²) >= 11 is 0. The first-order valence-corrected chi connectivity index (χ1v) is 10.7. The molecular formula is C27H27N3O3. The molecule has 3 N–H and O–H groups in total. The van der Waals surface area contributed by atoms with E-state index in [0.29, 0.717) is 33.4 Å². The average molecular weight is 442 g/mol. The second kappa shape index (κ2) is 8.20. The van der Waals surface area contributed by atoms with E-state index in [1.165, 1.54) is 0 Å². The molecule has 0 spiro atoms. The van der Waals surface area contributed by atoms with E-state index in [4.69, 9.17) is 0 Å². The van der Waals surface area contributed by atoms with E-state index < -0.39 is 0 Å². The highest BCUT2D eigenvalue weighted by molar-refractivity contribution is 5.76. The third-order valence-corrected chi connectivity index (χ3v) is 5.69. The molecule has 1 heterocycles. The number of rotatable bonds is 3. The lowest BCUT2D eigenvalue weighted by Gasteiger charge is -2.14. The fourth-order valence-corrected chi connectivity index (χ4v) is 4.13. The third kappa shape index (κ3) is 4.12. The Kier molecular flexibility index (Phi) is 5.54. The summed E-state index contributed by atoms with van der Waals surface area (Å²) in [6.45, 7) is 11.3. The number of hydrogen-bond acceptors (Lipinski definition) is 6. The Morgan fingerprint density at radius 2 is 0.667 bits per heavy atom. The van der Waals surface area contributed by atoms with E-state index in [9.17, 15) is 15.3 Å². The fourth-order valence-electron chi connectivity index (χ4n) is 4.13. The van der Waals surface area contributed by atoms with E-state index >= 15 is 0 Å². The molecule has 0 fully saturated rings. The van der Waals surface area contributed by atoms with Crippen LogP contribution < -0.4 is 0 Å². The van der Waals surface area contributed by atoms with Gasteiger partial charge in [-0.2, -0.15) is 0 Å². The van der Waals surface area contributed by atoms with Gasteiger partial charge in [-0.25, -0.2) is 15.0 Å². The van der Waals surface area contributed by atoms with Gasteiger partial charge in [0.25, 0.3) is 0 Å². The molecule has 4 rings (SSSR count). The highest BCUT2D eigenvalue weighted by atomic mass is 16.3. The lowest BCUT2D eigenvalue weighted by Crippen LogP contribution is -2.02. The number of hydrogen-bond donors (Lipinski definition) is 3. The van der Waals surface area contributed by atoms with E-state index in [0.717, 1.165) is 16.7 Å². The van der Waals surface area contributed by atoms with Crippen LogP contribution in [0.1, 0.15) is 33.4 Å². The summed E-state index contributed by atoms with van der Waals surface area (Å²) in [5.74, 6) is 1.03. The summed E-state index contributed by atoms with van der Waals surface area (Å²) in [6.07, 6.45) is 0. The van der Waals surface area contributed by atoms with Crippen LogP contribution in [0.2, 0.25) is 0 Å². The van der Waals surface area contributed by atoms with Crippen molar-refractivity contribution in [2.75, 3.05) is 0 Å². The largest absolute Gasteiger partial charge is 0.507 e. The van der Waals surface area contributed by atoms with Gasteiger partial charge < -0.3 is 15.3 Å². The molecule has 0 saturated heterocycles. The van der Waals surface area contributed by atoms with Crippen LogP contribution in [0.15, 0.2) is 36.4 Å². The summed E-state index contributed by atoms with van der Waals surface area (Å²) in [5, 5.41) is 32.4. The molecule has 0 atom stereocenters. The topological polar surface area (TPSA) is 99.4 Å². The number of aryl methyl sites for hydroxylation is 6. The lowest BCUT2D eigenvalue weighted by atomic mass is 10.0. The van der Waals surface area contributed by atoms with Gasteiger partial charge in [-0.15, -0.1) is 0 Å². The molecule has 0 aliphatic carbocycles. The summed E-state index contributed by atoms with van der Waals surface area (Å²) in [5.41, 5.74) is 6.36. The van der Waals surface area contributed by atoms with Crippen LogP contribution in [0.3, 0.4) is 0 Å². The summed E-state index contributed by atoms with van der Waals surface area (Å²) in [6, 6.07) is 11.1. The SMILES string of the molecule is Cc1cc(C)c(O)c(-c2nc(-c3cc(C)cc(C)c3O)nc(-c3cc(C)cc(C)c3O)n2)c1. The Morgan fingerprint density at radius 1 is 0.424 bits per heavy atom. The Morgan fingerprint density at radius 3 is 0.909 bits per heavy atom. The zero-order chi connectivity index (χ0) is 24.0. The minimum atomic E-state index is 0.0815. The van der Waals surface area contributed by atoms with Crippen molar-refractivity contribution in [3.8, 4) is 51.4 Å². The molecule has 0 radical (unpaired) electrons. The summed E-state index contributed by atoms with van der Waals surface area (Å²) < 4.78 is 0. The maximum Gasteiger partial charge on any atom is 0.167 e. The molecule has 0 amide bonds. The van der Waals surface area contributed by atoms with Gasteiger partial charge >= 0.3 is 0 Å². The van der Waals surface area contributed by atoms with E-state index in [2.05, 4.69) is 15.0 Å². The Hall–Kier alpha value is -3.93. The first-order chi connectivity index (χ1) is 15.5. The Labute approximate surface area is 193 Å². The van der Waals surface area contributed by atoms with Crippen molar-refractivity contribution in [1.29, 1.82) is 0 Å². The lowest BCUT2D eigenvalue weighted by molar-refractivity contribution is 0.472. The molecule has 168 valence electrons. The van der Waals surface area contributed by atoms with Crippen molar-refractivity contribution in [3.63, 3.8) is 0 Å². The Bertz CT molecular complexity index is 1230. The van der Waals surface area contributed by atoms with Gasteiger partial charge in [0.05, 0.1) is 16.7 Å². The molecule has 6 nitrogen and oxygen atoms in total. The van der Waals surface area contributed by atoms with Crippen LogP contribution in [0.25, 0.3) is 34.2 Å². The highest BCUT2D eigenvalue weighted by Crippen LogP contribution is 2.38. The number of aromatic nitrogens is 3. The van der Waals surface area contributed by atoms with Crippen LogP contribution >= 0.6 is 0 Å². The van der Waals surface area contributed by atoms with Crippen LogP contribution in [-0.2, 0) is 0 Å². The number of nitrogens with zero attached hydrogens (tertiary/aromatic N) is 3. The molecule has 33 heavy (non-hydrogen) atoms. The predicted octanol–water partition coefficient (Wildman–Crippen LogP) is 5.84. The minimum Gasteiger partial charge on any atom is -0.507 e. The zero-order valence-corrected chi connectivity index (χ0v) is 19.6. The molecule has 0 bridgehead atoms. The number of aromatic hydroxyl groups is 3. The number of phenolic OH excluding ortho intramolecular Hbond substituents is 3. The van der Waals surface area contributed by atoms with Crippen molar-refractivity contribution in [3.05, 3.63) is 69.8 Å². The molecule has 0 aliphatic heterocycles. The van der Waals surface area contributed by atoms with Crippen molar-refractivity contribution in [2.24, 2.45) is 0 Å². The molecule has 0 aliphatic rings.